The molecule has 2 amide bonds. The summed E-state index contributed by atoms with van der Waals surface area (Å²) in [7, 11) is 0. The van der Waals surface area contributed by atoms with Crippen LogP contribution in [0.2, 0.25) is 0 Å². The Kier molecular flexibility index (Phi) is 5.74. The van der Waals surface area contributed by atoms with Gasteiger partial charge in [-0.05, 0) is 43.6 Å². The molecule has 1 aromatic heterocycles. The van der Waals surface area contributed by atoms with Crippen molar-refractivity contribution < 1.29 is 9.59 Å². The molecule has 1 aliphatic carbocycles. The third-order valence-electron chi connectivity index (χ3n) is 5.60. The number of piperidine rings is 1. The van der Waals surface area contributed by atoms with Crippen molar-refractivity contribution in [2.75, 3.05) is 13.1 Å². The molecule has 28 heavy (non-hydrogen) atoms. The second kappa shape index (κ2) is 8.59. The van der Waals surface area contributed by atoms with E-state index in [9.17, 15) is 9.59 Å². The van der Waals surface area contributed by atoms with Crippen LogP contribution in [-0.2, 0) is 11.3 Å². The first kappa shape index (κ1) is 18.7. The number of nitrogens with zero attached hydrogens (tertiary/aromatic N) is 3. The van der Waals surface area contributed by atoms with Gasteiger partial charge in [0, 0.05) is 31.7 Å². The number of amides is 2. The molecular formula is C22H28N4O2. The Morgan fingerprint density at radius 3 is 2.75 bits per heavy atom. The van der Waals surface area contributed by atoms with E-state index < -0.39 is 0 Å². The van der Waals surface area contributed by atoms with Crippen LogP contribution in [0.5, 0.6) is 0 Å². The SMILES string of the molecule is O=C(CC[C@@H]1CCCN(C(=O)c2cnn(Cc3ccccc3)c2)C1)NC1CC1. The van der Waals surface area contributed by atoms with E-state index in [0.717, 1.165) is 50.8 Å². The zero-order valence-corrected chi connectivity index (χ0v) is 16.2. The van der Waals surface area contributed by atoms with Gasteiger partial charge >= 0.3 is 0 Å². The lowest BCUT2D eigenvalue weighted by Crippen LogP contribution is -2.40. The zero-order chi connectivity index (χ0) is 19.3. The highest BCUT2D eigenvalue weighted by atomic mass is 16.2. The predicted molar refractivity (Wildman–Crippen MR) is 107 cm³/mol. The first-order chi connectivity index (χ1) is 13.7. The molecular weight excluding hydrogens is 352 g/mol. The molecule has 0 spiro atoms. The Morgan fingerprint density at radius 2 is 1.96 bits per heavy atom. The summed E-state index contributed by atoms with van der Waals surface area (Å²) < 4.78 is 1.81. The second-order valence-corrected chi connectivity index (χ2v) is 8.05. The van der Waals surface area contributed by atoms with Gasteiger partial charge in [0.2, 0.25) is 5.91 Å². The molecule has 1 N–H and O–H groups in total. The van der Waals surface area contributed by atoms with E-state index in [2.05, 4.69) is 22.5 Å². The first-order valence-electron chi connectivity index (χ1n) is 10.3. The molecule has 1 aliphatic heterocycles. The van der Waals surface area contributed by atoms with Gasteiger partial charge in [0.05, 0.1) is 18.3 Å². The van der Waals surface area contributed by atoms with Gasteiger partial charge in [-0.2, -0.15) is 5.10 Å². The van der Waals surface area contributed by atoms with Crippen LogP contribution in [0.4, 0.5) is 0 Å². The number of rotatable bonds is 7. The van der Waals surface area contributed by atoms with Crippen molar-refractivity contribution in [3.8, 4) is 0 Å². The highest BCUT2D eigenvalue weighted by molar-refractivity contribution is 5.93. The summed E-state index contributed by atoms with van der Waals surface area (Å²) in [5.41, 5.74) is 1.80. The Balaban J connectivity index is 1.29. The maximum absolute atomic E-state index is 12.9. The summed E-state index contributed by atoms with van der Waals surface area (Å²) in [6, 6.07) is 10.5. The summed E-state index contributed by atoms with van der Waals surface area (Å²) in [4.78, 5) is 26.7. The van der Waals surface area contributed by atoms with Gasteiger partial charge in [-0.25, -0.2) is 0 Å². The average molecular weight is 380 g/mol. The topological polar surface area (TPSA) is 67.2 Å². The van der Waals surface area contributed by atoms with Crippen LogP contribution in [0, 0.1) is 5.92 Å². The van der Waals surface area contributed by atoms with Crippen molar-refractivity contribution in [2.45, 2.75) is 51.1 Å². The number of carbonyl (C=O) groups excluding carboxylic acids is 2. The minimum Gasteiger partial charge on any atom is -0.353 e. The average Bonchev–Trinajstić information content (AvgIpc) is 3.41. The molecule has 4 rings (SSSR count). The quantitative estimate of drug-likeness (QED) is 0.803. The molecule has 1 aromatic carbocycles. The molecule has 2 aliphatic rings. The van der Waals surface area contributed by atoms with Crippen molar-refractivity contribution in [1.29, 1.82) is 0 Å². The Bertz CT molecular complexity index is 813. The lowest BCUT2D eigenvalue weighted by Gasteiger charge is -2.32. The van der Waals surface area contributed by atoms with E-state index >= 15 is 0 Å². The number of carbonyl (C=O) groups is 2. The summed E-state index contributed by atoms with van der Waals surface area (Å²) in [5, 5.41) is 7.40. The molecule has 6 heteroatoms. The van der Waals surface area contributed by atoms with Gasteiger partial charge in [0.1, 0.15) is 0 Å². The minimum absolute atomic E-state index is 0.0476. The molecule has 6 nitrogen and oxygen atoms in total. The van der Waals surface area contributed by atoms with Crippen LogP contribution in [0.3, 0.4) is 0 Å². The number of aromatic nitrogens is 2. The van der Waals surface area contributed by atoms with Gasteiger partial charge < -0.3 is 10.2 Å². The molecule has 2 heterocycles. The van der Waals surface area contributed by atoms with Gasteiger partial charge in [0.15, 0.2) is 0 Å². The van der Waals surface area contributed by atoms with E-state index in [-0.39, 0.29) is 11.8 Å². The standard InChI is InChI=1S/C22H28N4O2/c27-21(24-20-9-10-20)11-8-18-7-4-12-25(14-18)22(28)19-13-23-26(16-19)15-17-5-2-1-3-6-17/h1-3,5-6,13,16,18,20H,4,7-12,14-15H2,(H,24,27)/t18-/m0/s1. The predicted octanol–water partition coefficient (Wildman–Crippen LogP) is 2.84. The Labute approximate surface area is 165 Å². The fraction of sp³-hybridized carbons (Fsp3) is 0.500. The molecule has 2 aromatic rings. The summed E-state index contributed by atoms with van der Waals surface area (Å²) in [6.45, 7) is 2.18. The van der Waals surface area contributed by atoms with Crippen LogP contribution in [-0.4, -0.2) is 45.6 Å². The number of hydrogen-bond donors (Lipinski definition) is 1. The summed E-state index contributed by atoms with van der Waals surface area (Å²) in [6.07, 6.45) is 9.26. The molecule has 148 valence electrons. The molecule has 0 unspecified atom stereocenters. The van der Waals surface area contributed by atoms with E-state index in [4.69, 9.17) is 0 Å². The van der Waals surface area contributed by atoms with Gasteiger partial charge in [-0.3, -0.25) is 14.3 Å². The number of hydrogen-bond acceptors (Lipinski definition) is 3. The van der Waals surface area contributed by atoms with E-state index in [0.29, 0.717) is 30.5 Å². The van der Waals surface area contributed by atoms with Crippen LogP contribution in [0.1, 0.15) is 54.4 Å². The van der Waals surface area contributed by atoms with Crippen molar-refractivity contribution in [1.82, 2.24) is 20.0 Å². The molecule has 1 atom stereocenters. The molecule has 0 bridgehead atoms. The van der Waals surface area contributed by atoms with Gasteiger partial charge in [-0.15, -0.1) is 0 Å². The van der Waals surface area contributed by atoms with E-state index in [1.807, 2.05) is 34.0 Å². The van der Waals surface area contributed by atoms with Crippen LogP contribution < -0.4 is 5.32 Å². The second-order valence-electron chi connectivity index (χ2n) is 8.05. The first-order valence-corrected chi connectivity index (χ1v) is 10.3. The number of benzene rings is 1. The number of likely N-dealkylation sites (tertiary alicyclic amines) is 1. The van der Waals surface area contributed by atoms with E-state index in [1.54, 1.807) is 6.20 Å². The molecule has 1 saturated carbocycles. The third-order valence-corrected chi connectivity index (χ3v) is 5.60. The van der Waals surface area contributed by atoms with Gasteiger partial charge in [0.25, 0.3) is 5.91 Å². The van der Waals surface area contributed by atoms with Crippen LogP contribution in [0.25, 0.3) is 0 Å². The normalized spacial score (nSPS) is 19.4. The lowest BCUT2D eigenvalue weighted by atomic mass is 9.93. The van der Waals surface area contributed by atoms with Crippen LogP contribution in [0.15, 0.2) is 42.7 Å². The van der Waals surface area contributed by atoms with Gasteiger partial charge in [-0.1, -0.05) is 30.3 Å². The molecule has 2 fully saturated rings. The number of nitrogens with one attached hydrogen (secondary N) is 1. The minimum atomic E-state index is 0.0476. The monoisotopic (exact) mass is 380 g/mol. The Morgan fingerprint density at radius 1 is 1.14 bits per heavy atom. The zero-order valence-electron chi connectivity index (χ0n) is 16.2. The van der Waals surface area contributed by atoms with Crippen LogP contribution >= 0.6 is 0 Å². The third kappa shape index (κ3) is 5.00. The van der Waals surface area contributed by atoms with Crippen molar-refractivity contribution in [3.05, 3.63) is 53.9 Å². The Hall–Kier alpha value is -2.63. The highest BCUT2D eigenvalue weighted by Crippen LogP contribution is 2.23. The summed E-state index contributed by atoms with van der Waals surface area (Å²) in [5.74, 6) is 0.613. The van der Waals surface area contributed by atoms with Crippen molar-refractivity contribution in [2.24, 2.45) is 5.92 Å². The largest absolute Gasteiger partial charge is 0.353 e. The smallest absolute Gasteiger partial charge is 0.257 e. The fourth-order valence-corrected chi connectivity index (χ4v) is 3.86. The maximum Gasteiger partial charge on any atom is 0.257 e. The maximum atomic E-state index is 12.9. The van der Waals surface area contributed by atoms with Crippen molar-refractivity contribution >= 4 is 11.8 Å². The van der Waals surface area contributed by atoms with Crippen molar-refractivity contribution in [3.63, 3.8) is 0 Å². The molecule has 0 radical (unpaired) electrons. The lowest BCUT2D eigenvalue weighted by molar-refractivity contribution is -0.121. The fourth-order valence-electron chi connectivity index (χ4n) is 3.86. The molecule has 1 saturated heterocycles. The van der Waals surface area contributed by atoms with E-state index in [1.165, 1.54) is 0 Å². The summed E-state index contributed by atoms with van der Waals surface area (Å²) >= 11 is 0. The highest BCUT2D eigenvalue weighted by Gasteiger charge is 2.27.